The SMILES string of the molecule is C#CC(N)c1cncc(C)c1. The first-order valence-electron chi connectivity index (χ1n) is 3.37. The molecule has 2 heteroatoms. The zero-order valence-electron chi connectivity index (χ0n) is 6.41. The molecule has 0 spiro atoms. The molecule has 0 amide bonds. The van der Waals surface area contributed by atoms with Gasteiger partial charge in [0, 0.05) is 12.4 Å². The summed E-state index contributed by atoms with van der Waals surface area (Å²) in [5, 5.41) is 0. The highest BCUT2D eigenvalue weighted by molar-refractivity contribution is 5.25. The van der Waals surface area contributed by atoms with Crippen LogP contribution < -0.4 is 5.73 Å². The Bertz CT molecular complexity index is 286. The monoisotopic (exact) mass is 146 g/mol. The van der Waals surface area contributed by atoms with Crippen LogP contribution in [-0.2, 0) is 0 Å². The molecular weight excluding hydrogens is 136 g/mol. The van der Waals surface area contributed by atoms with Gasteiger partial charge in [-0.2, -0.15) is 0 Å². The highest BCUT2D eigenvalue weighted by atomic mass is 14.7. The van der Waals surface area contributed by atoms with Crippen molar-refractivity contribution in [2.45, 2.75) is 13.0 Å². The third-order valence-corrected chi connectivity index (χ3v) is 1.43. The van der Waals surface area contributed by atoms with E-state index in [0.29, 0.717) is 0 Å². The van der Waals surface area contributed by atoms with Gasteiger partial charge < -0.3 is 5.73 Å². The van der Waals surface area contributed by atoms with E-state index < -0.39 is 0 Å². The minimum Gasteiger partial charge on any atom is -0.314 e. The summed E-state index contributed by atoms with van der Waals surface area (Å²) in [6, 6.07) is 1.61. The molecule has 56 valence electrons. The summed E-state index contributed by atoms with van der Waals surface area (Å²) in [4.78, 5) is 3.98. The fourth-order valence-electron chi connectivity index (χ4n) is 0.845. The number of hydrogen-bond donors (Lipinski definition) is 1. The van der Waals surface area contributed by atoms with Crippen LogP contribution in [0.1, 0.15) is 17.2 Å². The molecule has 0 bridgehead atoms. The average Bonchev–Trinajstić information content (AvgIpc) is 2.03. The van der Waals surface area contributed by atoms with E-state index in [2.05, 4.69) is 10.9 Å². The van der Waals surface area contributed by atoms with Crippen molar-refractivity contribution in [1.29, 1.82) is 0 Å². The maximum atomic E-state index is 5.59. The number of terminal acetylenes is 1. The first kappa shape index (κ1) is 7.77. The van der Waals surface area contributed by atoms with Gasteiger partial charge in [0.15, 0.2) is 0 Å². The number of rotatable bonds is 1. The van der Waals surface area contributed by atoms with E-state index in [-0.39, 0.29) is 6.04 Å². The van der Waals surface area contributed by atoms with Gasteiger partial charge in [-0.15, -0.1) is 6.42 Å². The Morgan fingerprint density at radius 3 is 2.91 bits per heavy atom. The number of nitrogens with zero attached hydrogens (tertiary/aromatic N) is 1. The van der Waals surface area contributed by atoms with Gasteiger partial charge in [-0.1, -0.05) is 12.0 Å². The third-order valence-electron chi connectivity index (χ3n) is 1.43. The van der Waals surface area contributed by atoms with E-state index in [1.807, 2.05) is 13.0 Å². The molecule has 2 nitrogen and oxygen atoms in total. The minimum absolute atomic E-state index is 0.331. The van der Waals surface area contributed by atoms with Crippen LogP contribution in [0, 0.1) is 19.3 Å². The van der Waals surface area contributed by atoms with Crippen molar-refractivity contribution in [3.05, 3.63) is 29.6 Å². The molecule has 1 heterocycles. The second-order valence-electron chi connectivity index (χ2n) is 2.44. The summed E-state index contributed by atoms with van der Waals surface area (Å²) in [6.07, 6.45) is 8.61. The Morgan fingerprint density at radius 2 is 2.36 bits per heavy atom. The maximum Gasteiger partial charge on any atom is 0.0933 e. The number of pyridine rings is 1. The summed E-state index contributed by atoms with van der Waals surface area (Å²) in [5.41, 5.74) is 7.56. The van der Waals surface area contributed by atoms with Gasteiger partial charge in [0.1, 0.15) is 0 Å². The molecule has 11 heavy (non-hydrogen) atoms. The molecule has 2 N–H and O–H groups in total. The van der Waals surface area contributed by atoms with Crippen LogP contribution in [0.2, 0.25) is 0 Å². The van der Waals surface area contributed by atoms with Gasteiger partial charge in [-0.05, 0) is 18.1 Å². The van der Waals surface area contributed by atoms with Crippen molar-refractivity contribution >= 4 is 0 Å². The Labute approximate surface area is 66.4 Å². The van der Waals surface area contributed by atoms with E-state index >= 15 is 0 Å². The number of nitrogens with two attached hydrogens (primary N) is 1. The molecule has 0 saturated heterocycles. The molecule has 0 radical (unpaired) electrons. The second-order valence-corrected chi connectivity index (χ2v) is 2.44. The summed E-state index contributed by atoms with van der Waals surface area (Å²) < 4.78 is 0. The molecule has 0 saturated carbocycles. The number of aryl methyl sites for hydroxylation is 1. The zero-order chi connectivity index (χ0) is 8.27. The predicted octanol–water partition coefficient (Wildman–Crippen LogP) is 1.02. The molecular formula is C9H10N2. The van der Waals surface area contributed by atoms with Gasteiger partial charge in [-0.25, -0.2) is 0 Å². The molecule has 0 aliphatic heterocycles. The minimum atomic E-state index is -0.331. The lowest BCUT2D eigenvalue weighted by Gasteiger charge is -2.03. The van der Waals surface area contributed by atoms with Gasteiger partial charge in [-0.3, -0.25) is 4.98 Å². The smallest absolute Gasteiger partial charge is 0.0933 e. The van der Waals surface area contributed by atoms with Crippen molar-refractivity contribution in [3.63, 3.8) is 0 Å². The average molecular weight is 146 g/mol. The predicted molar refractivity (Wildman–Crippen MR) is 44.7 cm³/mol. The quantitative estimate of drug-likeness (QED) is 0.601. The van der Waals surface area contributed by atoms with E-state index in [1.165, 1.54) is 0 Å². The molecule has 0 aromatic carbocycles. The lowest BCUT2D eigenvalue weighted by molar-refractivity contribution is 0.930. The molecule has 1 rings (SSSR count). The van der Waals surface area contributed by atoms with Gasteiger partial charge >= 0.3 is 0 Å². The zero-order valence-corrected chi connectivity index (χ0v) is 6.41. The Balaban J connectivity index is 2.98. The van der Waals surface area contributed by atoms with Crippen LogP contribution in [0.3, 0.4) is 0 Å². The first-order valence-corrected chi connectivity index (χ1v) is 3.37. The molecule has 1 aromatic heterocycles. The van der Waals surface area contributed by atoms with E-state index in [9.17, 15) is 0 Å². The largest absolute Gasteiger partial charge is 0.314 e. The van der Waals surface area contributed by atoms with Crippen LogP contribution in [0.15, 0.2) is 18.5 Å². The standard InChI is InChI=1S/C9H10N2/c1-3-9(10)8-4-7(2)5-11-6-8/h1,4-6,9H,10H2,2H3. The highest BCUT2D eigenvalue weighted by Crippen LogP contribution is 2.08. The normalized spacial score (nSPS) is 12.1. The first-order chi connectivity index (χ1) is 5.24. The van der Waals surface area contributed by atoms with E-state index in [0.717, 1.165) is 11.1 Å². The molecule has 1 aromatic rings. The molecule has 0 fully saturated rings. The highest BCUT2D eigenvalue weighted by Gasteiger charge is 2.00. The lowest BCUT2D eigenvalue weighted by atomic mass is 10.1. The van der Waals surface area contributed by atoms with Crippen LogP contribution in [0.4, 0.5) is 0 Å². The Kier molecular flexibility index (Phi) is 2.25. The van der Waals surface area contributed by atoms with Crippen LogP contribution in [0.25, 0.3) is 0 Å². The van der Waals surface area contributed by atoms with Crippen molar-refractivity contribution in [2.24, 2.45) is 5.73 Å². The third kappa shape index (κ3) is 1.79. The van der Waals surface area contributed by atoms with Crippen LogP contribution >= 0.6 is 0 Å². The molecule has 0 aliphatic carbocycles. The van der Waals surface area contributed by atoms with E-state index in [1.54, 1.807) is 12.4 Å². The van der Waals surface area contributed by atoms with Gasteiger partial charge in [0.05, 0.1) is 6.04 Å². The number of hydrogen-bond acceptors (Lipinski definition) is 2. The molecule has 1 unspecified atom stereocenters. The van der Waals surface area contributed by atoms with Crippen molar-refractivity contribution in [2.75, 3.05) is 0 Å². The van der Waals surface area contributed by atoms with Gasteiger partial charge in [0.25, 0.3) is 0 Å². The summed E-state index contributed by atoms with van der Waals surface area (Å²) >= 11 is 0. The Morgan fingerprint density at radius 1 is 1.64 bits per heavy atom. The van der Waals surface area contributed by atoms with Gasteiger partial charge in [0.2, 0.25) is 0 Å². The topological polar surface area (TPSA) is 38.9 Å². The molecule has 1 atom stereocenters. The summed E-state index contributed by atoms with van der Waals surface area (Å²) in [5.74, 6) is 2.45. The Hall–Kier alpha value is -1.33. The van der Waals surface area contributed by atoms with Crippen molar-refractivity contribution in [3.8, 4) is 12.3 Å². The van der Waals surface area contributed by atoms with Crippen molar-refractivity contribution in [1.82, 2.24) is 4.98 Å². The second kappa shape index (κ2) is 3.18. The van der Waals surface area contributed by atoms with E-state index in [4.69, 9.17) is 12.2 Å². The fraction of sp³-hybridized carbons (Fsp3) is 0.222. The number of aromatic nitrogens is 1. The fourth-order valence-corrected chi connectivity index (χ4v) is 0.845. The lowest BCUT2D eigenvalue weighted by Crippen LogP contribution is -2.07. The van der Waals surface area contributed by atoms with Crippen LogP contribution in [-0.4, -0.2) is 4.98 Å². The summed E-state index contributed by atoms with van der Waals surface area (Å²) in [6.45, 7) is 1.96. The maximum absolute atomic E-state index is 5.59. The van der Waals surface area contributed by atoms with Crippen molar-refractivity contribution < 1.29 is 0 Å². The van der Waals surface area contributed by atoms with Crippen LogP contribution in [0.5, 0.6) is 0 Å². The summed E-state index contributed by atoms with van der Waals surface area (Å²) in [7, 11) is 0. The molecule has 0 aliphatic rings.